The molecular weight excluding hydrogens is 210 g/mol. The fourth-order valence-electron chi connectivity index (χ4n) is 2.37. The van der Waals surface area contributed by atoms with E-state index in [2.05, 4.69) is 34.7 Å². The molecule has 0 saturated heterocycles. The lowest BCUT2D eigenvalue weighted by Gasteiger charge is -2.04. The van der Waals surface area contributed by atoms with Gasteiger partial charge in [-0.15, -0.1) is 0 Å². The van der Waals surface area contributed by atoms with Crippen LogP contribution in [0.5, 0.6) is 0 Å². The first-order chi connectivity index (χ1) is 8.15. The second-order valence-electron chi connectivity index (χ2n) is 5.72. The lowest BCUT2D eigenvalue weighted by molar-refractivity contribution is 0.518. The molecule has 1 atom stereocenters. The SMILES string of the molecule is CC1(C)CC1CNCc1cn2ccccc2n1. The molecule has 3 nitrogen and oxygen atoms in total. The fraction of sp³-hybridized carbons (Fsp3) is 0.500. The van der Waals surface area contributed by atoms with E-state index in [-0.39, 0.29) is 0 Å². The summed E-state index contributed by atoms with van der Waals surface area (Å²) < 4.78 is 2.07. The molecule has 1 fully saturated rings. The van der Waals surface area contributed by atoms with Crippen LogP contribution in [0.15, 0.2) is 30.6 Å². The Kier molecular flexibility index (Phi) is 2.44. The van der Waals surface area contributed by atoms with Gasteiger partial charge in [0.1, 0.15) is 5.65 Å². The Bertz CT molecular complexity index is 494. The fourth-order valence-corrected chi connectivity index (χ4v) is 2.37. The number of aromatic nitrogens is 2. The van der Waals surface area contributed by atoms with E-state index in [4.69, 9.17) is 0 Å². The van der Waals surface area contributed by atoms with Gasteiger partial charge >= 0.3 is 0 Å². The number of nitrogens with one attached hydrogen (secondary N) is 1. The first-order valence-corrected chi connectivity index (χ1v) is 6.28. The maximum absolute atomic E-state index is 4.57. The maximum atomic E-state index is 4.57. The van der Waals surface area contributed by atoms with Gasteiger partial charge in [-0.1, -0.05) is 19.9 Å². The first-order valence-electron chi connectivity index (χ1n) is 6.28. The molecule has 1 aliphatic carbocycles. The Morgan fingerprint density at radius 3 is 3.00 bits per heavy atom. The molecule has 0 radical (unpaired) electrons. The zero-order valence-electron chi connectivity index (χ0n) is 10.5. The van der Waals surface area contributed by atoms with Crippen molar-refractivity contribution in [2.24, 2.45) is 11.3 Å². The van der Waals surface area contributed by atoms with E-state index in [9.17, 15) is 0 Å². The van der Waals surface area contributed by atoms with Crippen LogP contribution in [0.3, 0.4) is 0 Å². The summed E-state index contributed by atoms with van der Waals surface area (Å²) in [6.07, 6.45) is 5.49. The lowest BCUT2D eigenvalue weighted by atomic mass is 10.1. The minimum Gasteiger partial charge on any atom is -0.311 e. The normalized spacial score (nSPS) is 21.9. The average molecular weight is 229 g/mol. The van der Waals surface area contributed by atoms with E-state index in [1.807, 2.05) is 24.4 Å². The van der Waals surface area contributed by atoms with Crippen molar-refractivity contribution in [2.45, 2.75) is 26.8 Å². The van der Waals surface area contributed by atoms with Gasteiger partial charge in [0.2, 0.25) is 0 Å². The highest BCUT2D eigenvalue weighted by molar-refractivity contribution is 5.39. The van der Waals surface area contributed by atoms with E-state index >= 15 is 0 Å². The van der Waals surface area contributed by atoms with Crippen LogP contribution in [-0.2, 0) is 6.54 Å². The van der Waals surface area contributed by atoms with Crippen molar-refractivity contribution in [3.63, 3.8) is 0 Å². The molecule has 0 amide bonds. The number of hydrogen-bond donors (Lipinski definition) is 1. The van der Waals surface area contributed by atoms with Crippen molar-refractivity contribution in [1.29, 1.82) is 0 Å². The van der Waals surface area contributed by atoms with Crippen molar-refractivity contribution in [3.8, 4) is 0 Å². The Hall–Kier alpha value is -1.35. The third-order valence-corrected chi connectivity index (χ3v) is 3.83. The van der Waals surface area contributed by atoms with Gasteiger partial charge in [0.05, 0.1) is 5.69 Å². The molecule has 0 spiro atoms. The van der Waals surface area contributed by atoms with Gasteiger partial charge in [-0.05, 0) is 36.4 Å². The summed E-state index contributed by atoms with van der Waals surface area (Å²) in [5.74, 6) is 0.847. The van der Waals surface area contributed by atoms with Gasteiger partial charge in [-0.3, -0.25) is 0 Å². The number of fused-ring (bicyclic) bond motifs is 1. The highest BCUT2D eigenvalue weighted by Gasteiger charge is 2.44. The van der Waals surface area contributed by atoms with Gasteiger partial charge in [0.25, 0.3) is 0 Å². The molecule has 1 unspecified atom stereocenters. The summed E-state index contributed by atoms with van der Waals surface area (Å²) in [4.78, 5) is 4.57. The van der Waals surface area contributed by atoms with Gasteiger partial charge in [0.15, 0.2) is 0 Å². The smallest absolute Gasteiger partial charge is 0.137 e. The highest BCUT2D eigenvalue weighted by atomic mass is 15.0. The van der Waals surface area contributed by atoms with Crippen molar-refractivity contribution in [3.05, 3.63) is 36.3 Å². The Morgan fingerprint density at radius 2 is 2.29 bits per heavy atom. The monoisotopic (exact) mass is 229 g/mol. The molecule has 1 aliphatic rings. The minimum absolute atomic E-state index is 0.561. The highest BCUT2D eigenvalue weighted by Crippen LogP contribution is 2.50. The van der Waals surface area contributed by atoms with Crippen LogP contribution in [0.1, 0.15) is 26.0 Å². The zero-order valence-corrected chi connectivity index (χ0v) is 10.5. The molecule has 1 saturated carbocycles. The number of nitrogens with zero attached hydrogens (tertiary/aromatic N) is 2. The Balaban J connectivity index is 1.58. The van der Waals surface area contributed by atoms with E-state index in [0.29, 0.717) is 5.41 Å². The molecule has 2 heterocycles. The van der Waals surface area contributed by atoms with Gasteiger partial charge in [-0.2, -0.15) is 0 Å². The van der Waals surface area contributed by atoms with Crippen LogP contribution >= 0.6 is 0 Å². The van der Waals surface area contributed by atoms with Crippen molar-refractivity contribution < 1.29 is 0 Å². The molecule has 0 aromatic carbocycles. The molecule has 3 heteroatoms. The van der Waals surface area contributed by atoms with E-state index in [0.717, 1.165) is 30.3 Å². The maximum Gasteiger partial charge on any atom is 0.137 e. The third kappa shape index (κ3) is 2.20. The number of hydrogen-bond acceptors (Lipinski definition) is 2. The number of pyridine rings is 1. The van der Waals surface area contributed by atoms with Gasteiger partial charge in [-0.25, -0.2) is 4.98 Å². The predicted octanol–water partition coefficient (Wildman–Crippen LogP) is 2.47. The summed E-state index contributed by atoms with van der Waals surface area (Å²) in [5, 5.41) is 3.50. The van der Waals surface area contributed by atoms with Crippen LogP contribution in [0.4, 0.5) is 0 Å². The quantitative estimate of drug-likeness (QED) is 0.872. The molecule has 0 aliphatic heterocycles. The second kappa shape index (κ2) is 3.84. The lowest BCUT2D eigenvalue weighted by Crippen LogP contribution is -2.18. The first kappa shape index (κ1) is 10.8. The van der Waals surface area contributed by atoms with Crippen LogP contribution in [0.25, 0.3) is 5.65 Å². The predicted molar refractivity (Wildman–Crippen MR) is 68.8 cm³/mol. The van der Waals surface area contributed by atoms with E-state index in [1.165, 1.54) is 6.42 Å². The number of rotatable bonds is 4. The van der Waals surface area contributed by atoms with Crippen LogP contribution in [0.2, 0.25) is 0 Å². The standard InChI is InChI=1S/C14H19N3/c1-14(2)7-11(14)8-15-9-12-10-17-6-4-3-5-13(17)16-12/h3-6,10-11,15H,7-9H2,1-2H3. The third-order valence-electron chi connectivity index (χ3n) is 3.83. The molecule has 17 heavy (non-hydrogen) atoms. The molecule has 2 aromatic heterocycles. The summed E-state index contributed by atoms with van der Waals surface area (Å²) in [6, 6.07) is 6.08. The van der Waals surface area contributed by atoms with Crippen LogP contribution in [0, 0.1) is 11.3 Å². The van der Waals surface area contributed by atoms with Gasteiger partial charge < -0.3 is 9.72 Å². The minimum atomic E-state index is 0.561. The van der Waals surface area contributed by atoms with Gasteiger partial charge in [0, 0.05) is 18.9 Å². The summed E-state index contributed by atoms with van der Waals surface area (Å²) in [6.45, 7) is 6.66. The largest absolute Gasteiger partial charge is 0.311 e. The van der Waals surface area contributed by atoms with E-state index < -0.39 is 0 Å². The molecule has 2 aromatic rings. The topological polar surface area (TPSA) is 29.3 Å². The molecule has 3 rings (SSSR count). The van der Waals surface area contributed by atoms with Crippen molar-refractivity contribution in [2.75, 3.05) is 6.54 Å². The van der Waals surface area contributed by atoms with Crippen LogP contribution < -0.4 is 5.32 Å². The molecule has 1 N–H and O–H groups in total. The van der Waals surface area contributed by atoms with E-state index in [1.54, 1.807) is 0 Å². The van der Waals surface area contributed by atoms with Crippen LogP contribution in [-0.4, -0.2) is 15.9 Å². The molecule has 90 valence electrons. The van der Waals surface area contributed by atoms with Crippen molar-refractivity contribution in [1.82, 2.24) is 14.7 Å². The molecule has 0 bridgehead atoms. The summed E-state index contributed by atoms with van der Waals surface area (Å²) in [5.41, 5.74) is 2.71. The zero-order chi connectivity index (χ0) is 11.9. The summed E-state index contributed by atoms with van der Waals surface area (Å²) >= 11 is 0. The summed E-state index contributed by atoms with van der Waals surface area (Å²) in [7, 11) is 0. The number of imidazole rings is 1. The Labute approximate surface area is 102 Å². The Morgan fingerprint density at radius 1 is 1.47 bits per heavy atom. The average Bonchev–Trinajstić information content (AvgIpc) is 2.74. The second-order valence-corrected chi connectivity index (χ2v) is 5.72. The van der Waals surface area contributed by atoms with Crippen molar-refractivity contribution >= 4 is 5.65 Å². The molecular formula is C14H19N3.